The van der Waals surface area contributed by atoms with Crippen LogP contribution in [-0.2, 0) is 11.8 Å². The summed E-state index contributed by atoms with van der Waals surface area (Å²) in [5.41, 5.74) is 0.0596. The first-order chi connectivity index (χ1) is 8.97. The van der Waals surface area contributed by atoms with Gasteiger partial charge in [-0.05, 0) is 25.3 Å². The molecule has 1 heterocycles. The molecule has 1 fully saturated rings. The van der Waals surface area contributed by atoms with Crippen LogP contribution in [0.3, 0.4) is 0 Å². The lowest BCUT2D eigenvalue weighted by Crippen LogP contribution is -2.34. The van der Waals surface area contributed by atoms with Crippen molar-refractivity contribution < 1.29 is 14.7 Å². The van der Waals surface area contributed by atoms with E-state index < -0.39 is 5.97 Å². The van der Waals surface area contributed by atoms with E-state index >= 15 is 0 Å². The van der Waals surface area contributed by atoms with Crippen LogP contribution in [0.4, 0.5) is 0 Å². The Bertz CT molecular complexity index is 564. The molecule has 0 saturated heterocycles. The normalized spacial score (nSPS) is 22.2. The molecular weight excluding hydrogens is 248 g/mol. The van der Waals surface area contributed by atoms with Gasteiger partial charge in [-0.2, -0.15) is 0 Å². The second-order valence-corrected chi connectivity index (χ2v) is 4.88. The third kappa shape index (κ3) is 3.01. The van der Waals surface area contributed by atoms with Gasteiger partial charge in [0.05, 0.1) is 5.92 Å². The Morgan fingerprint density at radius 3 is 2.74 bits per heavy atom. The van der Waals surface area contributed by atoms with E-state index in [1.807, 2.05) is 0 Å². The van der Waals surface area contributed by atoms with Crippen molar-refractivity contribution in [2.75, 3.05) is 0 Å². The third-order valence-electron chi connectivity index (χ3n) is 3.48. The summed E-state index contributed by atoms with van der Waals surface area (Å²) < 4.78 is 1.38. The molecule has 0 aromatic carbocycles. The fourth-order valence-electron chi connectivity index (χ4n) is 2.30. The Kier molecular flexibility index (Phi) is 3.69. The molecule has 0 radical (unpaired) electrons. The van der Waals surface area contributed by atoms with Crippen LogP contribution in [0.1, 0.15) is 29.6 Å². The fourth-order valence-corrected chi connectivity index (χ4v) is 2.30. The standard InChI is InChI=1S/C13H16N2O4/c1-15-5-4-8(7-11(15)16)12(17)14-10-3-2-9(6-10)13(18)19/h4-5,7,9-10H,2-3,6H2,1H3,(H,14,17)(H,18,19)/t9-,10+/m1/s1. The number of hydrogen-bond donors (Lipinski definition) is 2. The molecule has 1 aromatic rings. The number of rotatable bonds is 3. The van der Waals surface area contributed by atoms with Gasteiger partial charge >= 0.3 is 5.97 Å². The number of amides is 1. The number of carboxylic acid groups (broad SMARTS) is 1. The molecule has 6 heteroatoms. The molecule has 1 aliphatic rings. The van der Waals surface area contributed by atoms with Gasteiger partial charge in [0.1, 0.15) is 0 Å². The van der Waals surface area contributed by atoms with Gasteiger partial charge in [-0.15, -0.1) is 0 Å². The molecule has 1 aromatic heterocycles. The van der Waals surface area contributed by atoms with Crippen LogP contribution in [0.25, 0.3) is 0 Å². The van der Waals surface area contributed by atoms with E-state index in [-0.39, 0.29) is 23.4 Å². The topological polar surface area (TPSA) is 88.4 Å². The maximum atomic E-state index is 11.9. The number of carbonyl (C=O) groups is 2. The minimum absolute atomic E-state index is 0.127. The molecule has 0 unspecified atom stereocenters. The summed E-state index contributed by atoms with van der Waals surface area (Å²) in [6, 6.07) is 2.72. The molecule has 0 aliphatic heterocycles. The van der Waals surface area contributed by atoms with Crippen LogP contribution in [-0.4, -0.2) is 27.6 Å². The second kappa shape index (κ2) is 5.26. The van der Waals surface area contributed by atoms with Crippen molar-refractivity contribution in [1.29, 1.82) is 0 Å². The van der Waals surface area contributed by atoms with Crippen LogP contribution >= 0.6 is 0 Å². The van der Waals surface area contributed by atoms with Crippen molar-refractivity contribution in [2.45, 2.75) is 25.3 Å². The van der Waals surface area contributed by atoms with Gasteiger partial charge in [0, 0.05) is 30.9 Å². The molecule has 1 amide bonds. The van der Waals surface area contributed by atoms with Crippen LogP contribution in [0, 0.1) is 5.92 Å². The number of nitrogens with one attached hydrogen (secondary N) is 1. The van der Waals surface area contributed by atoms with Crippen LogP contribution < -0.4 is 10.9 Å². The van der Waals surface area contributed by atoms with E-state index in [9.17, 15) is 14.4 Å². The highest BCUT2D eigenvalue weighted by molar-refractivity contribution is 5.94. The van der Waals surface area contributed by atoms with Crippen molar-refractivity contribution >= 4 is 11.9 Å². The lowest BCUT2D eigenvalue weighted by molar-refractivity contribution is -0.141. The molecule has 6 nitrogen and oxygen atoms in total. The minimum atomic E-state index is -0.815. The predicted molar refractivity (Wildman–Crippen MR) is 67.9 cm³/mol. The summed E-state index contributed by atoms with van der Waals surface area (Å²) in [5.74, 6) is -1.52. The molecule has 2 atom stereocenters. The first-order valence-electron chi connectivity index (χ1n) is 6.17. The molecule has 1 aliphatic carbocycles. The van der Waals surface area contributed by atoms with Crippen LogP contribution in [0.2, 0.25) is 0 Å². The van der Waals surface area contributed by atoms with E-state index in [1.54, 1.807) is 13.1 Å². The Morgan fingerprint density at radius 2 is 2.16 bits per heavy atom. The lowest BCUT2D eigenvalue weighted by atomic mass is 10.1. The smallest absolute Gasteiger partial charge is 0.306 e. The zero-order chi connectivity index (χ0) is 14.0. The van der Waals surface area contributed by atoms with Gasteiger partial charge < -0.3 is 15.0 Å². The number of aromatic nitrogens is 1. The van der Waals surface area contributed by atoms with Gasteiger partial charge in [0.25, 0.3) is 11.5 Å². The fraction of sp³-hybridized carbons (Fsp3) is 0.462. The van der Waals surface area contributed by atoms with Crippen molar-refractivity contribution in [3.05, 3.63) is 34.2 Å². The number of aryl methyl sites for hydroxylation is 1. The molecule has 19 heavy (non-hydrogen) atoms. The SMILES string of the molecule is Cn1ccc(C(=O)N[C@H]2CC[C@@H](C(=O)O)C2)cc1=O. The first kappa shape index (κ1) is 13.3. The highest BCUT2D eigenvalue weighted by Gasteiger charge is 2.30. The van der Waals surface area contributed by atoms with Crippen LogP contribution in [0.15, 0.2) is 23.1 Å². The number of pyridine rings is 1. The number of carbonyl (C=O) groups excluding carboxylic acids is 1. The van der Waals surface area contributed by atoms with Crippen molar-refractivity contribution in [3.63, 3.8) is 0 Å². The summed E-state index contributed by atoms with van der Waals surface area (Å²) in [5, 5.41) is 11.7. The average molecular weight is 264 g/mol. The van der Waals surface area contributed by atoms with E-state index in [1.165, 1.54) is 16.8 Å². The van der Waals surface area contributed by atoms with E-state index in [0.717, 1.165) is 0 Å². The maximum absolute atomic E-state index is 11.9. The average Bonchev–Trinajstić information content (AvgIpc) is 2.81. The van der Waals surface area contributed by atoms with Crippen molar-refractivity contribution in [1.82, 2.24) is 9.88 Å². The number of nitrogens with zero attached hydrogens (tertiary/aromatic N) is 1. The Hall–Kier alpha value is -2.11. The van der Waals surface area contributed by atoms with Gasteiger partial charge in [0.15, 0.2) is 0 Å². The first-order valence-corrected chi connectivity index (χ1v) is 6.17. The molecule has 0 spiro atoms. The largest absolute Gasteiger partial charge is 0.481 e. The molecule has 2 rings (SSSR count). The Balaban J connectivity index is 2.00. The van der Waals surface area contributed by atoms with Crippen molar-refractivity contribution in [2.24, 2.45) is 13.0 Å². The number of hydrogen-bond acceptors (Lipinski definition) is 3. The summed E-state index contributed by atoms with van der Waals surface area (Å²) >= 11 is 0. The molecule has 1 saturated carbocycles. The molecular formula is C13H16N2O4. The van der Waals surface area contributed by atoms with Gasteiger partial charge in [0.2, 0.25) is 0 Å². The summed E-state index contributed by atoms with van der Waals surface area (Å²) in [7, 11) is 1.61. The van der Waals surface area contributed by atoms with E-state index in [0.29, 0.717) is 24.8 Å². The highest BCUT2D eigenvalue weighted by Crippen LogP contribution is 2.25. The zero-order valence-corrected chi connectivity index (χ0v) is 10.6. The molecule has 0 bridgehead atoms. The highest BCUT2D eigenvalue weighted by atomic mass is 16.4. The van der Waals surface area contributed by atoms with E-state index in [2.05, 4.69) is 5.32 Å². The molecule has 2 N–H and O–H groups in total. The quantitative estimate of drug-likeness (QED) is 0.825. The lowest BCUT2D eigenvalue weighted by Gasteiger charge is -2.12. The number of carboxylic acids is 1. The maximum Gasteiger partial charge on any atom is 0.306 e. The second-order valence-electron chi connectivity index (χ2n) is 4.88. The zero-order valence-electron chi connectivity index (χ0n) is 10.6. The summed E-state index contributed by atoms with van der Waals surface area (Å²) in [4.78, 5) is 34.2. The van der Waals surface area contributed by atoms with Crippen molar-refractivity contribution in [3.8, 4) is 0 Å². The number of aliphatic carboxylic acids is 1. The minimum Gasteiger partial charge on any atom is -0.481 e. The summed E-state index contributed by atoms with van der Waals surface area (Å²) in [6.07, 6.45) is 3.22. The van der Waals surface area contributed by atoms with Crippen LogP contribution in [0.5, 0.6) is 0 Å². The Labute approximate surface area is 110 Å². The monoisotopic (exact) mass is 264 g/mol. The van der Waals surface area contributed by atoms with Gasteiger partial charge in [-0.1, -0.05) is 0 Å². The Morgan fingerprint density at radius 1 is 1.42 bits per heavy atom. The summed E-state index contributed by atoms with van der Waals surface area (Å²) in [6.45, 7) is 0. The van der Waals surface area contributed by atoms with Gasteiger partial charge in [-0.25, -0.2) is 0 Å². The predicted octanol–water partition coefficient (Wildman–Crippen LogP) is 0.368. The van der Waals surface area contributed by atoms with Gasteiger partial charge in [-0.3, -0.25) is 14.4 Å². The molecule has 102 valence electrons. The third-order valence-corrected chi connectivity index (χ3v) is 3.48. The van der Waals surface area contributed by atoms with E-state index in [4.69, 9.17) is 5.11 Å².